The van der Waals surface area contributed by atoms with E-state index < -0.39 is 6.61 Å². The first-order chi connectivity index (χ1) is 8.60. The molecule has 1 amide bonds. The normalized spacial score (nSPS) is 19.1. The summed E-state index contributed by atoms with van der Waals surface area (Å²) < 4.78 is 28.2. The second-order valence-corrected chi connectivity index (χ2v) is 3.94. The molecule has 1 atom stereocenters. The molecule has 3 nitrogen and oxygen atoms in total. The molecule has 1 unspecified atom stereocenters. The number of nitrogens with zero attached hydrogens (tertiary/aromatic N) is 1. The molecule has 0 aliphatic carbocycles. The van der Waals surface area contributed by atoms with Crippen molar-refractivity contribution in [3.63, 3.8) is 0 Å². The van der Waals surface area contributed by atoms with Gasteiger partial charge in [0.15, 0.2) is 0 Å². The zero-order valence-corrected chi connectivity index (χ0v) is 9.48. The van der Waals surface area contributed by atoms with E-state index in [0.717, 1.165) is 0 Å². The molecule has 0 aromatic heterocycles. The molecule has 1 aliphatic rings. The van der Waals surface area contributed by atoms with Crippen molar-refractivity contribution < 1.29 is 18.3 Å². The third-order valence-electron chi connectivity index (χ3n) is 2.73. The van der Waals surface area contributed by atoms with Crippen molar-refractivity contribution in [2.75, 3.05) is 11.4 Å². The lowest BCUT2D eigenvalue weighted by molar-refractivity contribution is -0.117. The van der Waals surface area contributed by atoms with Gasteiger partial charge in [0, 0.05) is 24.6 Å². The van der Waals surface area contributed by atoms with Crippen molar-refractivity contribution in [3.8, 4) is 18.1 Å². The molecular formula is C13H11F2NO2. The van der Waals surface area contributed by atoms with Gasteiger partial charge in [-0.05, 0) is 24.3 Å². The van der Waals surface area contributed by atoms with Gasteiger partial charge < -0.3 is 9.64 Å². The van der Waals surface area contributed by atoms with Crippen molar-refractivity contribution in [1.29, 1.82) is 0 Å². The Hall–Kier alpha value is -2.09. The molecule has 18 heavy (non-hydrogen) atoms. The lowest BCUT2D eigenvalue weighted by atomic mass is 10.1. The van der Waals surface area contributed by atoms with Gasteiger partial charge in [-0.3, -0.25) is 4.79 Å². The van der Waals surface area contributed by atoms with Crippen molar-refractivity contribution in [2.45, 2.75) is 13.0 Å². The highest BCUT2D eigenvalue weighted by atomic mass is 19.3. The Morgan fingerprint density at radius 3 is 2.56 bits per heavy atom. The molecule has 1 saturated heterocycles. The van der Waals surface area contributed by atoms with Crippen LogP contribution in [0, 0.1) is 18.3 Å². The second-order valence-electron chi connectivity index (χ2n) is 3.94. The van der Waals surface area contributed by atoms with Gasteiger partial charge in [0.1, 0.15) is 5.75 Å². The van der Waals surface area contributed by atoms with E-state index >= 15 is 0 Å². The van der Waals surface area contributed by atoms with E-state index in [1.54, 1.807) is 17.0 Å². The van der Waals surface area contributed by atoms with Crippen LogP contribution in [-0.4, -0.2) is 19.1 Å². The minimum Gasteiger partial charge on any atom is -0.435 e. The van der Waals surface area contributed by atoms with Crippen LogP contribution in [0.15, 0.2) is 24.3 Å². The van der Waals surface area contributed by atoms with Crippen LogP contribution in [0.2, 0.25) is 0 Å². The van der Waals surface area contributed by atoms with E-state index in [2.05, 4.69) is 10.7 Å². The van der Waals surface area contributed by atoms with Gasteiger partial charge in [-0.1, -0.05) is 0 Å². The highest BCUT2D eigenvalue weighted by Crippen LogP contribution is 2.26. The molecule has 1 fully saturated rings. The van der Waals surface area contributed by atoms with Crippen LogP contribution < -0.4 is 9.64 Å². The summed E-state index contributed by atoms with van der Waals surface area (Å²) in [6.07, 6.45) is 5.61. The maximum absolute atomic E-state index is 12.0. The van der Waals surface area contributed by atoms with E-state index in [4.69, 9.17) is 6.42 Å². The number of carbonyl (C=O) groups is 1. The average Bonchev–Trinajstić information content (AvgIpc) is 2.71. The number of halogens is 2. The fourth-order valence-corrected chi connectivity index (χ4v) is 1.88. The first-order valence-electron chi connectivity index (χ1n) is 5.41. The molecule has 94 valence electrons. The summed E-state index contributed by atoms with van der Waals surface area (Å²) in [5, 5.41) is 0. The van der Waals surface area contributed by atoms with Crippen LogP contribution in [-0.2, 0) is 4.79 Å². The Bertz CT molecular complexity index is 479. The summed E-state index contributed by atoms with van der Waals surface area (Å²) in [6, 6.07) is 5.93. The first kappa shape index (κ1) is 12.4. The summed E-state index contributed by atoms with van der Waals surface area (Å²) in [5.74, 6) is 2.47. The van der Waals surface area contributed by atoms with Crippen LogP contribution in [0.25, 0.3) is 0 Å². The highest BCUT2D eigenvalue weighted by molar-refractivity contribution is 5.96. The number of terminal acetylenes is 1. The third-order valence-corrected chi connectivity index (χ3v) is 2.73. The summed E-state index contributed by atoms with van der Waals surface area (Å²) in [6.45, 7) is -2.39. The number of ether oxygens (including phenoxy) is 1. The highest BCUT2D eigenvalue weighted by Gasteiger charge is 2.29. The van der Waals surface area contributed by atoms with E-state index in [0.29, 0.717) is 18.7 Å². The number of alkyl halides is 2. The van der Waals surface area contributed by atoms with Gasteiger partial charge in [0.2, 0.25) is 5.91 Å². The number of anilines is 1. The molecule has 5 heteroatoms. The molecule has 1 aromatic carbocycles. The van der Waals surface area contributed by atoms with E-state index in [1.165, 1.54) is 12.1 Å². The van der Waals surface area contributed by atoms with Crippen LogP contribution >= 0.6 is 0 Å². The summed E-state index contributed by atoms with van der Waals surface area (Å²) in [5.41, 5.74) is 0.638. The average molecular weight is 251 g/mol. The molecule has 0 saturated carbocycles. The minimum atomic E-state index is -2.85. The molecule has 1 aliphatic heterocycles. The zero-order valence-electron chi connectivity index (χ0n) is 9.48. The van der Waals surface area contributed by atoms with Gasteiger partial charge in [-0.15, -0.1) is 12.3 Å². The Balaban J connectivity index is 2.11. The molecule has 0 spiro atoms. The summed E-state index contributed by atoms with van der Waals surface area (Å²) >= 11 is 0. The molecular weight excluding hydrogens is 240 g/mol. The summed E-state index contributed by atoms with van der Waals surface area (Å²) in [7, 11) is 0. The predicted octanol–water partition coefficient (Wildman–Crippen LogP) is 2.27. The molecule has 1 aromatic rings. The van der Waals surface area contributed by atoms with Gasteiger partial charge in [0.05, 0.1) is 0 Å². The van der Waals surface area contributed by atoms with E-state index in [-0.39, 0.29) is 17.6 Å². The molecule has 2 rings (SSSR count). The maximum atomic E-state index is 12.0. The predicted molar refractivity (Wildman–Crippen MR) is 62.4 cm³/mol. The SMILES string of the molecule is C#CC1CC(=O)N(c2ccc(OC(F)F)cc2)C1. The summed E-state index contributed by atoms with van der Waals surface area (Å²) in [4.78, 5) is 13.2. The number of hydrogen-bond donors (Lipinski definition) is 0. The van der Waals surface area contributed by atoms with E-state index in [1.807, 2.05) is 0 Å². The lowest BCUT2D eigenvalue weighted by Crippen LogP contribution is -2.24. The Morgan fingerprint density at radius 1 is 1.39 bits per heavy atom. The van der Waals surface area contributed by atoms with Crippen molar-refractivity contribution in [1.82, 2.24) is 0 Å². The zero-order chi connectivity index (χ0) is 13.1. The number of rotatable bonds is 3. The molecule has 0 N–H and O–H groups in total. The van der Waals surface area contributed by atoms with Gasteiger partial charge in [-0.25, -0.2) is 0 Å². The lowest BCUT2D eigenvalue weighted by Gasteiger charge is -2.16. The minimum absolute atomic E-state index is 0.0551. The van der Waals surface area contributed by atoms with Crippen LogP contribution in [0.4, 0.5) is 14.5 Å². The fraction of sp³-hybridized carbons (Fsp3) is 0.308. The first-order valence-corrected chi connectivity index (χ1v) is 5.41. The molecule has 1 heterocycles. The maximum Gasteiger partial charge on any atom is 0.387 e. The Morgan fingerprint density at radius 2 is 2.06 bits per heavy atom. The second kappa shape index (κ2) is 5.05. The molecule has 0 bridgehead atoms. The number of hydrogen-bond acceptors (Lipinski definition) is 2. The standard InChI is InChI=1S/C13H11F2NO2/c1-2-9-7-12(17)16(8-9)10-3-5-11(6-4-10)18-13(14)15/h1,3-6,9,13H,7-8H2. The van der Waals surface area contributed by atoms with Crippen LogP contribution in [0.5, 0.6) is 5.75 Å². The number of carbonyl (C=O) groups excluding carboxylic acids is 1. The Kier molecular flexibility index (Phi) is 3.47. The fourth-order valence-electron chi connectivity index (χ4n) is 1.88. The van der Waals surface area contributed by atoms with Crippen molar-refractivity contribution in [2.24, 2.45) is 5.92 Å². The smallest absolute Gasteiger partial charge is 0.387 e. The van der Waals surface area contributed by atoms with Crippen LogP contribution in [0.1, 0.15) is 6.42 Å². The van der Waals surface area contributed by atoms with Crippen molar-refractivity contribution >= 4 is 11.6 Å². The monoisotopic (exact) mass is 251 g/mol. The van der Waals surface area contributed by atoms with Crippen molar-refractivity contribution in [3.05, 3.63) is 24.3 Å². The van der Waals surface area contributed by atoms with Crippen LogP contribution in [0.3, 0.4) is 0 Å². The molecule has 0 radical (unpaired) electrons. The topological polar surface area (TPSA) is 29.5 Å². The number of amides is 1. The van der Waals surface area contributed by atoms with Gasteiger partial charge in [-0.2, -0.15) is 8.78 Å². The van der Waals surface area contributed by atoms with E-state index in [9.17, 15) is 13.6 Å². The largest absolute Gasteiger partial charge is 0.435 e. The quantitative estimate of drug-likeness (QED) is 0.771. The third kappa shape index (κ3) is 2.59. The van der Waals surface area contributed by atoms with Gasteiger partial charge >= 0.3 is 6.61 Å². The number of benzene rings is 1. The van der Waals surface area contributed by atoms with Gasteiger partial charge in [0.25, 0.3) is 0 Å². The Labute approximate surface area is 103 Å².